The van der Waals surface area contributed by atoms with Gasteiger partial charge in [0.15, 0.2) is 6.17 Å². The van der Waals surface area contributed by atoms with Gasteiger partial charge in [0.05, 0.1) is 27.4 Å². The van der Waals surface area contributed by atoms with Crippen molar-refractivity contribution < 1.29 is 19.2 Å². The van der Waals surface area contributed by atoms with Gasteiger partial charge in [0.1, 0.15) is 6.61 Å². The number of pyridine rings is 2. The molecule has 1 unspecified atom stereocenters. The Morgan fingerprint density at radius 3 is 2.49 bits per heavy atom. The topological polar surface area (TPSA) is 127 Å². The fourth-order valence-electron chi connectivity index (χ4n) is 6.75. The predicted molar refractivity (Wildman–Crippen MR) is 162 cm³/mol. The molecule has 12 nitrogen and oxygen atoms in total. The van der Waals surface area contributed by atoms with Crippen molar-refractivity contribution in [1.82, 2.24) is 35.2 Å². The molecule has 5 heterocycles. The average Bonchev–Trinajstić information content (AvgIpc) is 3.57. The number of anilines is 1. The van der Waals surface area contributed by atoms with E-state index in [2.05, 4.69) is 46.0 Å². The molecule has 230 valence electrons. The summed E-state index contributed by atoms with van der Waals surface area (Å²) in [6.45, 7) is 8.60. The first-order valence-electron chi connectivity index (χ1n) is 15.0. The lowest BCUT2D eigenvalue weighted by atomic mass is 9.83. The zero-order valence-electron chi connectivity index (χ0n) is 25.0. The highest BCUT2D eigenvalue weighted by molar-refractivity contribution is 6.30. The van der Waals surface area contributed by atoms with Crippen LogP contribution in [0.4, 0.5) is 10.7 Å². The average molecular weight is 611 g/mol. The normalized spacial score (nSPS) is 26.1. The van der Waals surface area contributed by atoms with Crippen LogP contribution in [0.15, 0.2) is 24.5 Å². The maximum Gasteiger partial charge on any atom is 0.427 e. The van der Waals surface area contributed by atoms with E-state index in [4.69, 9.17) is 31.1 Å². The molecule has 2 saturated heterocycles. The van der Waals surface area contributed by atoms with Crippen LogP contribution in [0, 0.1) is 11.8 Å². The number of hydroxylamine groups is 1. The Morgan fingerprint density at radius 1 is 1.09 bits per heavy atom. The van der Waals surface area contributed by atoms with E-state index < -0.39 is 12.3 Å². The van der Waals surface area contributed by atoms with Gasteiger partial charge in [0, 0.05) is 56.8 Å². The molecule has 2 N–H and O–H groups in total. The number of nitrogens with one attached hydrogen (secondary N) is 2. The number of piperazine rings is 1. The lowest BCUT2D eigenvalue weighted by Crippen LogP contribution is -2.59. The molecule has 43 heavy (non-hydrogen) atoms. The van der Waals surface area contributed by atoms with Crippen LogP contribution in [0.3, 0.4) is 0 Å². The maximum absolute atomic E-state index is 12.7. The van der Waals surface area contributed by atoms with E-state index in [1.165, 1.54) is 12.8 Å². The number of halogens is 1. The number of carbonyl (C=O) groups excluding carboxylic acids is 2. The molecule has 13 heteroatoms. The SMILES string of the molecule is COCC(=O)N1C[C@@H](C)N(c2nc3cc(C4NOC(=O)N4)nc(-c4cncc(Cl)c4)c3n2CC2CCC(C)CC2)[C@H](C)C1. The van der Waals surface area contributed by atoms with Crippen molar-refractivity contribution >= 4 is 40.6 Å². The summed E-state index contributed by atoms with van der Waals surface area (Å²) in [4.78, 5) is 48.4. The Labute approximate surface area is 256 Å². The fraction of sp³-hybridized carbons (Fsp3) is 0.567. The molecular formula is C30H39ClN8O4. The molecule has 0 aromatic carbocycles. The van der Waals surface area contributed by atoms with E-state index in [9.17, 15) is 9.59 Å². The van der Waals surface area contributed by atoms with Gasteiger partial charge in [-0.3, -0.25) is 15.1 Å². The largest absolute Gasteiger partial charge is 0.427 e. The number of fused-ring (bicyclic) bond motifs is 1. The van der Waals surface area contributed by atoms with Crippen molar-refractivity contribution in [1.29, 1.82) is 0 Å². The molecule has 3 atom stereocenters. The molecule has 3 fully saturated rings. The molecule has 2 amide bonds. The minimum absolute atomic E-state index is 0.0106. The van der Waals surface area contributed by atoms with Crippen LogP contribution < -0.4 is 15.7 Å². The second kappa shape index (κ2) is 12.3. The van der Waals surface area contributed by atoms with E-state index in [0.29, 0.717) is 35.4 Å². The second-order valence-corrected chi connectivity index (χ2v) is 12.7. The molecule has 1 saturated carbocycles. The number of aromatic nitrogens is 4. The van der Waals surface area contributed by atoms with Crippen LogP contribution in [0.1, 0.15) is 58.3 Å². The summed E-state index contributed by atoms with van der Waals surface area (Å²) in [5.74, 6) is 2.07. The zero-order valence-corrected chi connectivity index (χ0v) is 25.8. The minimum Gasteiger partial charge on any atom is -0.375 e. The van der Waals surface area contributed by atoms with Crippen LogP contribution in [0.25, 0.3) is 22.3 Å². The van der Waals surface area contributed by atoms with Crippen LogP contribution in [-0.4, -0.2) is 75.3 Å². The number of hydrogen-bond donors (Lipinski definition) is 2. The summed E-state index contributed by atoms with van der Waals surface area (Å²) in [6, 6.07) is 3.78. The Bertz CT molecular complexity index is 1490. The quantitative estimate of drug-likeness (QED) is 0.403. The van der Waals surface area contributed by atoms with Crippen molar-refractivity contribution in [2.45, 2.75) is 71.2 Å². The summed E-state index contributed by atoms with van der Waals surface area (Å²) in [5.41, 5.74) is 6.36. The molecule has 3 aromatic rings. The number of amides is 2. The van der Waals surface area contributed by atoms with Crippen molar-refractivity contribution in [3.05, 3.63) is 35.2 Å². The van der Waals surface area contributed by atoms with Gasteiger partial charge in [0.25, 0.3) is 0 Å². The third-order valence-electron chi connectivity index (χ3n) is 8.88. The monoisotopic (exact) mass is 610 g/mol. The number of carbonyl (C=O) groups is 2. The van der Waals surface area contributed by atoms with Gasteiger partial charge in [-0.2, -0.15) is 0 Å². The fourth-order valence-corrected chi connectivity index (χ4v) is 6.93. The minimum atomic E-state index is -0.635. The molecule has 3 aliphatic rings. The van der Waals surface area contributed by atoms with Gasteiger partial charge in [-0.25, -0.2) is 14.8 Å². The Kier molecular flexibility index (Phi) is 8.43. The van der Waals surface area contributed by atoms with Crippen molar-refractivity contribution in [3.8, 4) is 11.3 Å². The highest BCUT2D eigenvalue weighted by Crippen LogP contribution is 2.38. The summed E-state index contributed by atoms with van der Waals surface area (Å²) < 4.78 is 7.45. The zero-order chi connectivity index (χ0) is 30.2. The molecule has 0 radical (unpaired) electrons. The van der Waals surface area contributed by atoms with Gasteiger partial charge < -0.3 is 23.9 Å². The number of ether oxygens (including phenoxy) is 1. The molecule has 0 spiro atoms. The third-order valence-corrected chi connectivity index (χ3v) is 9.08. The van der Waals surface area contributed by atoms with E-state index in [1.54, 1.807) is 19.5 Å². The number of imidazole rings is 1. The van der Waals surface area contributed by atoms with Gasteiger partial charge in [0.2, 0.25) is 11.9 Å². The molecule has 2 aliphatic heterocycles. The highest BCUT2D eigenvalue weighted by Gasteiger charge is 2.36. The van der Waals surface area contributed by atoms with Crippen LogP contribution in [0.2, 0.25) is 5.02 Å². The lowest BCUT2D eigenvalue weighted by Gasteiger charge is -2.45. The van der Waals surface area contributed by atoms with Crippen LogP contribution in [-0.2, 0) is 20.9 Å². The first-order chi connectivity index (χ1) is 20.7. The number of nitrogens with zero attached hydrogens (tertiary/aromatic N) is 6. The first kappa shape index (κ1) is 29.6. The van der Waals surface area contributed by atoms with Crippen LogP contribution in [0.5, 0.6) is 0 Å². The summed E-state index contributed by atoms with van der Waals surface area (Å²) in [5, 5.41) is 3.25. The van der Waals surface area contributed by atoms with Gasteiger partial charge in [-0.1, -0.05) is 31.4 Å². The first-order valence-corrected chi connectivity index (χ1v) is 15.4. The van der Waals surface area contributed by atoms with Crippen molar-refractivity contribution in [2.24, 2.45) is 11.8 Å². The lowest BCUT2D eigenvalue weighted by molar-refractivity contribution is -0.136. The van der Waals surface area contributed by atoms with E-state index in [1.807, 2.05) is 17.0 Å². The number of hydrogen-bond acceptors (Lipinski definition) is 9. The van der Waals surface area contributed by atoms with Gasteiger partial charge in [-0.05, 0) is 50.7 Å². The third kappa shape index (κ3) is 6.00. The summed E-state index contributed by atoms with van der Waals surface area (Å²) in [6.07, 6.45) is 6.86. The van der Waals surface area contributed by atoms with E-state index in [0.717, 1.165) is 47.8 Å². The molecule has 3 aromatic heterocycles. The van der Waals surface area contributed by atoms with Crippen molar-refractivity contribution in [3.63, 3.8) is 0 Å². The molecule has 6 rings (SSSR count). The van der Waals surface area contributed by atoms with Crippen LogP contribution >= 0.6 is 11.6 Å². The van der Waals surface area contributed by atoms with Gasteiger partial charge in [-0.15, -0.1) is 5.48 Å². The molecule has 0 bridgehead atoms. The summed E-state index contributed by atoms with van der Waals surface area (Å²) >= 11 is 6.42. The van der Waals surface area contributed by atoms with E-state index in [-0.39, 0.29) is 24.6 Å². The maximum atomic E-state index is 12.7. The van der Waals surface area contributed by atoms with Crippen molar-refractivity contribution in [2.75, 3.05) is 31.7 Å². The second-order valence-electron chi connectivity index (χ2n) is 12.2. The number of rotatable bonds is 7. The smallest absolute Gasteiger partial charge is 0.375 e. The molecular weight excluding hydrogens is 572 g/mol. The Morgan fingerprint density at radius 2 is 1.84 bits per heavy atom. The standard InChI is InChI=1S/C30H39ClN8O4/c1-17-5-7-20(8-6-17)15-38-27-23(34-29(38)39-18(2)13-37(14-19(39)3)25(40)16-42-4)10-24(28-35-30(41)43-36-28)33-26(27)21-9-22(31)12-32-11-21/h9-12,17-20,28,36H,5-8,13-16H2,1-4H3,(H,35,41)/t17?,18-,19-,20?,28?/m1/s1. The van der Waals surface area contributed by atoms with E-state index >= 15 is 0 Å². The highest BCUT2D eigenvalue weighted by atomic mass is 35.5. The van der Waals surface area contributed by atoms with Gasteiger partial charge >= 0.3 is 6.09 Å². The predicted octanol–water partition coefficient (Wildman–Crippen LogP) is 4.29. The molecule has 1 aliphatic carbocycles. The Balaban J connectivity index is 1.50. The Hall–Kier alpha value is -3.48. The number of methoxy groups -OCH3 is 1. The summed E-state index contributed by atoms with van der Waals surface area (Å²) in [7, 11) is 1.54.